The SMILES string of the molecule is C#Cc1ccccc1C(C(=O)NCCCC)N(CC=C)C(=O)C(NC(=O)OC(C)(C)C)C(C)CC. The fourth-order valence-electron chi connectivity index (χ4n) is 3.56. The molecule has 2 N–H and O–H groups in total. The van der Waals surface area contributed by atoms with Crippen LogP contribution in [-0.4, -0.2) is 47.5 Å². The van der Waals surface area contributed by atoms with Crippen molar-refractivity contribution < 1.29 is 19.1 Å². The van der Waals surface area contributed by atoms with Crippen LogP contribution in [0.5, 0.6) is 0 Å². The van der Waals surface area contributed by atoms with Gasteiger partial charge in [-0.2, -0.15) is 0 Å². The van der Waals surface area contributed by atoms with Gasteiger partial charge in [-0.3, -0.25) is 9.59 Å². The van der Waals surface area contributed by atoms with Crippen molar-refractivity contribution in [3.8, 4) is 12.3 Å². The average Bonchev–Trinajstić information content (AvgIpc) is 2.80. The monoisotopic (exact) mass is 483 g/mol. The van der Waals surface area contributed by atoms with Gasteiger partial charge in [0.05, 0.1) is 0 Å². The van der Waals surface area contributed by atoms with Crippen LogP contribution in [0.1, 0.15) is 78.0 Å². The third kappa shape index (κ3) is 9.12. The average molecular weight is 484 g/mol. The van der Waals surface area contributed by atoms with E-state index < -0.39 is 29.7 Å². The van der Waals surface area contributed by atoms with Crippen LogP contribution in [0, 0.1) is 18.3 Å². The van der Waals surface area contributed by atoms with Gasteiger partial charge in [-0.05, 0) is 44.7 Å². The summed E-state index contributed by atoms with van der Waals surface area (Å²) in [5, 5.41) is 5.66. The van der Waals surface area contributed by atoms with Crippen molar-refractivity contribution in [2.75, 3.05) is 13.1 Å². The molecular formula is C28H41N3O4. The third-order valence-corrected chi connectivity index (χ3v) is 5.56. The number of ether oxygens (including phenoxy) is 1. The number of rotatable bonds is 12. The molecule has 3 unspecified atom stereocenters. The minimum Gasteiger partial charge on any atom is -0.444 e. The molecule has 1 aromatic carbocycles. The number of hydrogen-bond acceptors (Lipinski definition) is 4. The molecule has 1 rings (SSSR count). The lowest BCUT2D eigenvalue weighted by Gasteiger charge is -2.35. The maximum Gasteiger partial charge on any atom is 0.408 e. The predicted octanol–water partition coefficient (Wildman–Crippen LogP) is 4.58. The Morgan fingerprint density at radius 2 is 1.89 bits per heavy atom. The lowest BCUT2D eigenvalue weighted by molar-refractivity contribution is -0.142. The molecule has 35 heavy (non-hydrogen) atoms. The Kier molecular flexibility index (Phi) is 12.1. The van der Waals surface area contributed by atoms with Gasteiger partial charge in [0.25, 0.3) is 0 Å². The van der Waals surface area contributed by atoms with E-state index in [2.05, 4.69) is 23.1 Å². The molecule has 0 bridgehead atoms. The molecule has 3 atom stereocenters. The topological polar surface area (TPSA) is 87.7 Å². The second-order valence-electron chi connectivity index (χ2n) is 9.57. The Hall–Kier alpha value is -3.27. The van der Waals surface area contributed by atoms with Gasteiger partial charge in [-0.15, -0.1) is 13.0 Å². The van der Waals surface area contributed by atoms with Gasteiger partial charge < -0.3 is 20.3 Å². The number of benzene rings is 1. The number of carbonyl (C=O) groups excluding carboxylic acids is 3. The largest absolute Gasteiger partial charge is 0.444 e. The van der Waals surface area contributed by atoms with Crippen molar-refractivity contribution in [2.45, 2.75) is 78.5 Å². The Balaban J connectivity index is 3.51. The quantitative estimate of drug-likeness (QED) is 0.259. The molecule has 7 heteroatoms. The van der Waals surface area contributed by atoms with Crippen LogP contribution in [0.15, 0.2) is 36.9 Å². The van der Waals surface area contributed by atoms with Crippen molar-refractivity contribution in [1.82, 2.24) is 15.5 Å². The van der Waals surface area contributed by atoms with Gasteiger partial charge in [0, 0.05) is 18.7 Å². The third-order valence-electron chi connectivity index (χ3n) is 5.56. The Morgan fingerprint density at radius 1 is 1.23 bits per heavy atom. The summed E-state index contributed by atoms with van der Waals surface area (Å²) in [6, 6.07) is 5.17. The highest BCUT2D eigenvalue weighted by Crippen LogP contribution is 2.27. The van der Waals surface area contributed by atoms with E-state index in [1.54, 1.807) is 51.1 Å². The molecule has 1 aromatic rings. The number of hydrogen-bond donors (Lipinski definition) is 2. The van der Waals surface area contributed by atoms with Crippen molar-refractivity contribution >= 4 is 17.9 Å². The summed E-state index contributed by atoms with van der Waals surface area (Å²) in [4.78, 5) is 41.4. The molecule has 0 heterocycles. The Labute approximate surface area is 210 Å². The lowest BCUT2D eigenvalue weighted by atomic mass is 9.94. The standard InChI is InChI=1S/C28H41N3O4/c1-9-13-18-29-25(32)24(22-17-15-14-16-21(22)12-4)31(19-10-2)26(33)23(20(5)11-3)30-27(34)35-28(6,7)8/h4,10,14-17,20,23-24H,2,9,11,13,18-19H2,1,3,5-8H3,(H,29,32)(H,30,34). The zero-order valence-electron chi connectivity index (χ0n) is 22.0. The normalized spacial score (nSPS) is 13.5. The highest BCUT2D eigenvalue weighted by Gasteiger charge is 2.38. The fraction of sp³-hybridized carbons (Fsp3) is 0.536. The van der Waals surface area contributed by atoms with E-state index >= 15 is 0 Å². The predicted molar refractivity (Wildman–Crippen MR) is 140 cm³/mol. The number of nitrogens with zero attached hydrogens (tertiary/aromatic N) is 1. The first-order chi connectivity index (χ1) is 16.5. The Bertz CT molecular complexity index is 914. The molecule has 0 aliphatic rings. The molecule has 0 spiro atoms. The van der Waals surface area contributed by atoms with Crippen LogP contribution >= 0.6 is 0 Å². The van der Waals surface area contributed by atoms with Crippen LogP contribution in [-0.2, 0) is 14.3 Å². The minimum absolute atomic E-state index is 0.0898. The van der Waals surface area contributed by atoms with Crippen molar-refractivity contribution in [3.63, 3.8) is 0 Å². The minimum atomic E-state index is -0.989. The summed E-state index contributed by atoms with van der Waals surface area (Å²) in [5.41, 5.74) is 0.339. The van der Waals surface area contributed by atoms with Gasteiger partial charge in [-0.1, -0.05) is 63.8 Å². The smallest absolute Gasteiger partial charge is 0.408 e. The first-order valence-corrected chi connectivity index (χ1v) is 12.2. The fourth-order valence-corrected chi connectivity index (χ4v) is 3.56. The Morgan fingerprint density at radius 3 is 2.43 bits per heavy atom. The van der Waals surface area contributed by atoms with E-state index in [-0.39, 0.29) is 18.4 Å². The number of nitrogens with one attached hydrogen (secondary N) is 2. The number of terminal acetylenes is 1. The molecule has 0 aliphatic carbocycles. The maximum absolute atomic E-state index is 14.0. The van der Waals surface area contributed by atoms with Crippen molar-refractivity contribution in [1.29, 1.82) is 0 Å². The molecular weight excluding hydrogens is 442 g/mol. The van der Waals surface area contributed by atoms with Crippen LogP contribution in [0.2, 0.25) is 0 Å². The maximum atomic E-state index is 14.0. The summed E-state index contributed by atoms with van der Waals surface area (Å²) in [6.45, 7) is 15.5. The van der Waals surface area contributed by atoms with Crippen molar-refractivity contribution in [2.24, 2.45) is 5.92 Å². The van der Waals surface area contributed by atoms with E-state index in [0.717, 1.165) is 12.8 Å². The lowest BCUT2D eigenvalue weighted by Crippen LogP contribution is -2.55. The van der Waals surface area contributed by atoms with E-state index in [1.165, 1.54) is 4.90 Å². The van der Waals surface area contributed by atoms with Gasteiger partial charge in [-0.25, -0.2) is 4.79 Å². The van der Waals surface area contributed by atoms with Crippen LogP contribution < -0.4 is 10.6 Å². The van der Waals surface area contributed by atoms with Crippen LogP contribution in [0.25, 0.3) is 0 Å². The summed E-state index contributed by atoms with van der Waals surface area (Å²) in [5.74, 6) is 1.66. The van der Waals surface area contributed by atoms with Crippen LogP contribution in [0.3, 0.4) is 0 Å². The van der Waals surface area contributed by atoms with Gasteiger partial charge in [0.2, 0.25) is 11.8 Å². The highest BCUT2D eigenvalue weighted by atomic mass is 16.6. The van der Waals surface area contributed by atoms with Crippen molar-refractivity contribution in [3.05, 3.63) is 48.0 Å². The van der Waals surface area contributed by atoms with Gasteiger partial charge >= 0.3 is 6.09 Å². The second-order valence-corrected chi connectivity index (χ2v) is 9.57. The zero-order chi connectivity index (χ0) is 26.6. The molecule has 0 saturated carbocycles. The molecule has 0 radical (unpaired) electrons. The molecule has 0 aromatic heterocycles. The molecule has 0 fully saturated rings. The van der Waals surface area contributed by atoms with Gasteiger partial charge in [0.15, 0.2) is 0 Å². The second kappa shape index (κ2) is 14.2. The van der Waals surface area contributed by atoms with Gasteiger partial charge in [0.1, 0.15) is 17.7 Å². The number of carbonyl (C=O) groups is 3. The molecule has 192 valence electrons. The summed E-state index contributed by atoms with van der Waals surface area (Å²) >= 11 is 0. The molecule has 7 nitrogen and oxygen atoms in total. The number of amides is 3. The summed E-state index contributed by atoms with van der Waals surface area (Å²) in [6.07, 6.45) is 8.95. The first-order valence-electron chi connectivity index (χ1n) is 12.2. The summed E-state index contributed by atoms with van der Waals surface area (Å²) < 4.78 is 5.40. The molecule has 0 aliphatic heterocycles. The van der Waals surface area contributed by atoms with E-state index in [0.29, 0.717) is 24.1 Å². The zero-order valence-corrected chi connectivity index (χ0v) is 22.0. The van der Waals surface area contributed by atoms with E-state index in [1.807, 2.05) is 20.8 Å². The molecule has 3 amide bonds. The molecule has 0 saturated heterocycles. The van der Waals surface area contributed by atoms with E-state index in [9.17, 15) is 14.4 Å². The summed E-state index contributed by atoms with van der Waals surface area (Å²) in [7, 11) is 0. The highest BCUT2D eigenvalue weighted by molar-refractivity contribution is 5.92. The first kappa shape index (κ1) is 29.8. The van der Waals surface area contributed by atoms with E-state index in [4.69, 9.17) is 11.2 Å². The number of unbranched alkanes of at least 4 members (excludes halogenated alkanes) is 1. The van der Waals surface area contributed by atoms with Crippen LogP contribution in [0.4, 0.5) is 4.79 Å². The number of alkyl carbamates (subject to hydrolysis) is 1.